The van der Waals surface area contributed by atoms with Gasteiger partial charge in [0.15, 0.2) is 0 Å². The minimum atomic E-state index is 0.510. The van der Waals surface area contributed by atoms with Gasteiger partial charge in [0.05, 0.1) is 11.1 Å². The Hall–Kier alpha value is -2.02. The van der Waals surface area contributed by atoms with Crippen molar-refractivity contribution in [3.8, 4) is 6.07 Å². The third-order valence-electron chi connectivity index (χ3n) is 3.66. The Morgan fingerprint density at radius 3 is 2.70 bits per heavy atom. The fraction of sp³-hybridized carbons (Fsp3) is 0.500. The average Bonchev–Trinajstić information content (AvgIpc) is 2.78. The lowest BCUT2D eigenvalue weighted by atomic mass is 10.1. The maximum Gasteiger partial charge on any atom is 0.201 e. The number of nitrogens with two attached hydrogens (primary N) is 1. The van der Waals surface area contributed by atoms with E-state index in [0.29, 0.717) is 11.5 Å². The van der Waals surface area contributed by atoms with Gasteiger partial charge in [-0.1, -0.05) is 45.1 Å². The highest BCUT2D eigenvalue weighted by Gasteiger charge is 2.10. The number of hydrogen-bond acceptors (Lipinski definition) is 3. The molecule has 0 spiro atoms. The first-order valence-electron chi connectivity index (χ1n) is 7.42. The molecule has 0 aliphatic heterocycles. The van der Waals surface area contributed by atoms with E-state index >= 15 is 0 Å². The van der Waals surface area contributed by atoms with Crippen LogP contribution in [-0.2, 0) is 6.54 Å². The molecule has 0 saturated heterocycles. The van der Waals surface area contributed by atoms with Crippen molar-refractivity contribution < 1.29 is 0 Å². The summed E-state index contributed by atoms with van der Waals surface area (Å²) in [7, 11) is 0. The van der Waals surface area contributed by atoms with E-state index in [-0.39, 0.29) is 0 Å². The van der Waals surface area contributed by atoms with Crippen molar-refractivity contribution in [1.29, 1.82) is 5.26 Å². The largest absolute Gasteiger partial charge is 0.369 e. The van der Waals surface area contributed by atoms with E-state index in [4.69, 9.17) is 11.0 Å². The van der Waals surface area contributed by atoms with Crippen LogP contribution in [0, 0.1) is 11.3 Å². The molecular weight excluding hydrogens is 248 g/mol. The topological polar surface area (TPSA) is 67.6 Å². The third kappa shape index (κ3) is 3.11. The molecule has 0 fully saturated rings. The van der Waals surface area contributed by atoms with Crippen LogP contribution in [-0.4, -0.2) is 9.55 Å². The van der Waals surface area contributed by atoms with E-state index in [1.807, 2.05) is 16.7 Å². The van der Waals surface area contributed by atoms with Crippen molar-refractivity contribution in [2.45, 2.75) is 52.0 Å². The predicted octanol–water partition coefficient (Wildman–Crippen LogP) is 3.85. The van der Waals surface area contributed by atoms with E-state index in [9.17, 15) is 0 Å². The van der Waals surface area contributed by atoms with Crippen LogP contribution in [0.4, 0.5) is 5.95 Å². The fourth-order valence-electron chi connectivity index (χ4n) is 2.54. The van der Waals surface area contributed by atoms with Gasteiger partial charge in [-0.15, -0.1) is 0 Å². The van der Waals surface area contributed by atoms with Gasteiger partial charge < -0.3 is 10.3 Å². The van der Waals surface area contributed by atoms with E-state index in [0.717, 1.165) is 24.0 Å². The maximum absolute atomic E-state index is 9.09. The summed E-state index contributed by atoms with van der Waals surface area (Å²) in [6, 6.07) is 7.82. The molecule has 1 aromatic carbocycles. The molecule has 0 unspecified atom stereocenters. The molecule has 4 nitrogen and oxygen atoms in total. The Labute approximate surface area is 120 Å². The number of nitrogens with zero attached hydrogens (tertiary/aromatic N) is 3. The van der Waals surface area contributed by atoms with Crippen LogP contribution in [0.2, 0.25) is 0 Å². The lowest BCUT2D eigenvalue weighted by Crippen LogP contribution is -2.03. The third-order valence-corrected chi connectivity index (χ3v) is 3.66. The summed E-state index contributed by atoms with van der Waals surface area (Å²) in [6.45, 7) is 3.11. The molecular formula is C16H22N4. The molecule has 0 atom stereocenters. The van der Waals surface area contributed by atoms with Crippen molar-refractivity contribution in [1.82, 2.24) is 9.55 Å². The van der Waals surface area contributed by atoms with Crippen molar-refractivity contribution in [3.63, 3.8) is 0 Å². The number of nitrogen functional groups attached to an aromatic ring is 1. The van der Waals surface area contributed by atoms with Gasteiger partial charge in [0.2, 0.25) is 5.95 Å². The maximum atomic E-state index is 9.09. The Balaban J connectivity index is 2.03. The molecule has 0 amide bonds. The standard InChI is InChI=1S/C16H22N4/c1-2-3-4-5-6-7-11-20-14-10-8-9-13(12-17)15(14)19-16(20)18/h8-10H,2-7,11H2,1H3,(H2,18,19). The number of rotatable bonds is 7. The Morgan fingerprint density at radius 2 is 1.95 bits per heavy atom. The van der Waals surface area contributed by atoms with Gasteiger partial charge in [-0.3, -0.25) is 0 Å². The number of unbranched alkanes of at least 4 members (excludes halogenated alkanes) is 5. The molecule has 0 aliphatic carbocycles. The second kappa shape index (κ2) is 6.95. The first kappa shape index (κ1) is 14.4. The highest BCUT2D eigenvalue weighted by molar-refractivity contribution is 5.83. The number of hydrogen-bond donors (Lipinski definition) is 1. The van der Waals surface area contributed by atoms with E-state index in [1.165, 1.54) is 32.1 Å². The van der Waals surface area contributed by atoms with Gasteiger partial charge in [-0.05, 0) is 18.6 Å². The molecule has 1 aromatic heterocycles. The summed E-state index contributed by atoms with van der Waals surface area (Å²) in [4.78, 5) is 4.33. The number of aromatic nitrogens is 2. The van der Waals surface area contributed by atoms with E-state index in [2.05, 4.69) is 18.0 Å². The molecule has 4 heteroatoms. The van der Waals surface area contributed by atoms with Crippen molar-refractivity contribution in [2.75, 3.05) is 5.73 Å². The number of fused-ring (bicyclic) bond motifs is 1. The number of para-hydroxylation sites is 1. The molecule has 0 saturated carbocycles. The fourth-order valence-corrected chi connectivity index (χ4v) is 2.54. The van der Waals surface area contributed by atoms with Gasteiger partial charge in [0, 0.05) is 6.54 Å². The van der Waals surface area contributed by atoms with Gasteiger partial charge in [0.1, 0.15) is 11.6 Å². The SMILES string of the molecule is CCCCCCCCn1c(N)nc2c(C#N)cccc21. The molecule has 0 bridgehead atoms. The van der Waals surface area contributed by atoms with Gasteiger partial charge >= 0.3 is 0 Å². The van der Waals surface area contributed by atoms with Crippen molar-refractivity contribution in [2.24, 2.45) is 0 Å². The number of benzene rings is 1. The van der Waals surface area contributed by atoms with Crippen molar-refractivity contribution >= 4 is 17.0 Å². The number of imidazole rings is 1. The lowest BCUT2D eigenvalue weighted by Gasteiger charge is -2.06. The summed E-state index contributed by atoms with van der Waals surface area (Å²) in [5.74, 6) is 0.510. The number of aryl methyl sites for hydroxylation is 1. The minimum absolute atomic E-state index is 0.510. The van der Waals surface area contributed by atoms with Crippen LogP contribution < -0.4 is 5.73 Å². The first-order chi connectivity index (χ1) is 9.77. The first-order valence-corrected chi connectivity index (χ1v) is 7.42. The smallest absolute Gasteiger partial charge is 0.201 e. The quantitative estimate of drug-likeness (QED) is 0.777. The minimum Gasteiger partial charge on any atom is -0.369 e. The molecule has 2 rings (SSSR count). The second-order valence-corrected chi connectivity index (χ2v) is 5.17. The highest BCUT2D eigenvalue weighted by Crippen LogP contribution is 2.21. The van der Waals surface area contributed by atoms with Crippen LogP contribution in [0.1, 0.15) is 51.0 Å². The normalized spacial score (nSPS) is 10.8. The zero-order chi connectivity index (χ0) is 14.4. The van der Waals surface area contributed by atoms with Gasteiger partial charge in [0.25, 0.3) is 0 Å². The Bertz CT molecular complexity index is 607. The number of anilines is 1. The van der Waals surface area contributed by atoms with E-state index in [1.54, 1.807) is 6.07 Å². The van der Waals surface area contributed by atoms with Crippen molar-refractivity contribution in [3.05, 3.63) is 23.8 Å². The van der Waals surface area contributed by atoms with E-state index < -0.39 is 0 Å². The van der Waals surface area contributed by atoms with Crippen LogP contribution in [0.25, 0.3) is 11.0 Å². The van der Waals surface area contributed by atoms with Gasteiger partial charge in [-0.25, -0.2) is 4.98 Å². The molecule has 0 radical (unpaired) electrons. The molecule has 106 valence electrons. The molecule has 0 aliphatic rings. The van der Waals surface area contributed by atoms with Gasteiger partial charge in [-0.2, -0.15) is 5.26 Å². The molecule has 2 aromatic rings. The molecule has 20 heavy (non-hydrogen) atoms. The summed E-state index contributed by atoms with van der Waals surface area (Å²) < 4.78 is 2.02. The summed E-state index contributed by atoms with van der Waals surface area (Å²) in [5.41, 5.74) is 8.26. The zero-order valence-electron chi connectivity index (χ0n) is 12.1. The van der Waals surface area contributed by atoms with Crippen LogP contribution in [0.3, 0.4) is 0 Å². The zero-order valence-corrected chi connectivity index (χ0v) is 12.1. The summed E-state index contributed by atoms with van der Waals surface area (Å²) in [5, 5.41) is 9.09. The second-order valence-electron chi connectivity index (χ2n) is 5.17. The van der Waals surface area contributed by atoms with Crippen LogP contribution >= 0.6 is 0 Å². The predicted molar refractivity (Wildman–Crippen MR) is 82.2 cm³/mol. The monoisotopic (exact) mass is 270 g/mol. The van der Waals surface area contributed by atoms with Crippen LogP contribution in [0.5, 0.6) is 0 Å². The molecule has 1 heterocycles. The van der Waals surface area contributed by atoms with Crippen LogP contribution in [0.15, 0.2) is 18.2 Å². The molecule has 2 N–H and O–H groups in total. The number of nitriles is 1. The Kier molecular flexibility index (Phi) is 5.00. The average molecular weight is 270 g/mol. The summed E-state index contributed by atoms with van der Waals surface area (Å²) in [6.07, 6.45) is 7.52. The lowest BCUT2D eigenvalue weighted by molar-refractivity contribution is 0.567. The highest BCUT2D eigenvalue weighted by atomic mass is 15.1. The summed E-state index contributed by atoms with van der Waals surface area (Å²) >= 11 is 0. The Morgan fingerprint density at radius 1 is 1.20 bits per heavy atom.